The highest BCUT2D eigenvalue weighted by Crippen LogP contribution is 2.00. The van der Waals surface area contributed by atoms with Crippen molar-refractivity contribution >= 4 is 0 Å². The Morgan fingerprint density at radius 3 is 3.00 bits per heavy atom. The molecule has 0 aliphatic rings. The summed E-state index contributed by atoms with van der Waals surface area (Å²) in [6.07, 6.45) is 4.41. The molecule has 4 nitrogen and oxygen atoms in total. The van der Waals surface area contributed by atoms with Gasteiger partial charge in [-0.25, -0.2) is 0 Å². The van der Waals surface area contributed by atoms with Gasteiger partial charge in [0.15, 0.2) is 0 Å². The predicted octanol–water partition coefficient (Wildman–Crippen LogP) is 1.54. The summed E-state index contributed by atoms with van der Waals surface area (Å²) in [4.78, 5) is 0. The van der Waals surface area contributed by atoms with E-state index in [1.54, 1.807) is 0 Å². The Balaban J connectivity index is 2.23. The number of nitrogens with zero attached hydrogens (tertiary/aromatic N) is 2. The third-order valence-corrected chi connectivity index (χ3v) is 2.67. The smallest absolute Gasteiger partial charge is 0.0549 e. The number of hydrogen-bond donors (Lipinski definition) is 2. The van der Waals surface area contributed by atoms with Crippen LogP contribution in [-0.2, 0) is 13.1 Å². The van der Waals surface area contributed by atoms with Crippen LogP contribution in [0.5, 0.6) is 0 Å². The van der Waals surface area contributed by atoms with E-state index < -0.39 is 0 Å². The monoisotopic (exact) mass is 225 g/mol. The number of aliphatic hydroxyl groups is 1. The highest BCUT2D eigenvalue weighted by Gasteiger charge is 2.02. The number of nitrogens with one attached hydrogen (secondary N) is 1. The summed E-state index contributed by atoms with van der Waals surface area (Å²) in [5.41, 5.74) is 1.22. The third-order valence-electron chi connectivity index (χ3n) is 2.67. The number of hydrogen-bond acceptors (Lipinski definition) is 3. The zero-order valence-electron chi connectivity index (χ0n) is 10.3. The fourth-order valence-corrected chi connectivity index (χ4v) is 1.61. The fourth-order valence-electron chi connectivity index (χ4n) is 1.61. The summed E-state index contributed by atoms with van der Waals surface area (Å²) in [5.74, 6) is 0. The first-order chi connectivity index (χ1) is 7.77. The minimum Gasteiger partial charge on any atom is -0.393 e. The molecule has 0 fully saturated rings. The molecule has 16 heavy (non-hydrogen) atoms. The Bertz CT molecular complexity index is 286. The Labute approximate surface area is 97.7 Å². The van der Waals surface area contributed by atoms with Gasteiger partial charge in [0.25, 0.3) is 0 Å². The Hall–Kier alpha value is -0.870. The lowest BCUT2D eigenvalue weighted by Gasteiger charge is -2.10. The van der Waals surface area contributed by atoms with Crippen LogP contribution in [0.4, 0.5) is 0 Å². The van der Waals surface area contributed by atoms with Gasteiger partial charge < -0.3 is 10.4 Å². The highest BCUT2D eigenvalue weighted by atomic mass is 16.3. The van der Waals surface area contributed by atoms with E-state index >= 15 is 0 Å². The molecule has 1 heterocycles. The quantitative estimate of drug-likeness (QED) is 0.660. The summed E-state index contributed by atoms with van der Waals surface area (Å²) < 4.78 is 2.03. The molecule has 0 saturated heterocycles. The van der Waals surface area contributed by atoms with Gasteiger partial charge in [-0.05, 0) is 31.9 Å². The number of aryl methyl sites for hydroxylation is 1. The van der Waals surface area contributed by atoms with Gasteiger partial charge in [0.1, 0.15) is 0 Å². The van der Waals surface area contributed by atoms with Gasteiger partial charge in [0.2, 0.25) is 0 Å². The second-order valence-corrected chi connectivity index (χ2v) is 4.07. The molecule has 0 amide bonds. The van der Waals surface area contributed by atoms with Gasteiger partial charge in [0.05, 0.1) is 11.8 Å². The molecule has 0 spiro atoms. The van der Waals surface area contributed by atoms with E-state index in [0.29, 0.717) is 0 Å². The van der Waals surface area contributed by atoms with E-state index in [0.717, 1.165) is 38.9 Å². The number of rotatable bonds is 8. The lowest BCUT2D eigenvalue weighted by atomic mass is 10.2. The maximum atomic E-state index is 9.40. The molecule has 92 valence electrons. The Morgan fingerprint density at radius 1 is 1.50 bits per heavy atom. The van der Waals surface area contributed by atoms with Crippen molar-refractivity contribution in [3.05, 3.63) is 18.0 Å². The SMILES string of the molecule is CCCn1nccc1CNCCC(O)CC. The standard InChI is InChI=1S/C12H23N3O/c1-3-9-15-11(5-8-14-15)10-13-7-6-12(16)4-2/h5,8,12-13,16H,3-4,6-7,9-10H2,1-2H3. The molecule has 1 atom stereocenters. The third kappa shape index (κ3) is 4.33. The average Bonchev–Trinajstić information content (AvgIpc) is 2.72. The van der Waals surface area contributed by atoms with Crippen molar-refractivity contribution in [2.45, 2.75) is 52.3 Å². The zero-order chi connectivity index (χ0) is 11.8. The number of aromatic nitrogens is 2. The second kappa shape index (κ2) is 7.41. The lowest BCUT2D eigenvalue weighted by Crippen LogP contribution is -2.21. The Morgan fingerprint density at radius 2 is 2.31 bits per heavy atom. The highest BCUT2D eigenvalue weighted by molar-refractivity contribution is 4.99. The summed E-state index contributed by atoms with van der Waals surface area (Å²) in [6.45, 7) is 6.81. The molecular formula is C12H23N3O. The van der Waals surface area contributed by atoms with Crippen LogP contribution in [0.2, 0.25) is 0 Å². The van der Waals surface area contributed by atoms with Crippen LogP contribution in [0.15, 0.2) is 12.3 Å². The van der Waals surface area contributed by atoms with E-state index in [1.165, 1.54) is 5.69 Å². The van der Waals surface area contributed by atoms with E-state index in [1.807, 2.05) is 23.9 Å². The van der Waals surface area contributed by atoms with Crippen LogP contribution in [0.1, 0.15) is 38.8 Å². The molecule has 0 radical (unpaired) electrons. The minimum absolute atomic E-state index is 0.173. The molecule has 1 aromatic rings. The first-order valence-electron chi connectivity index (χ1n) is 6.17. The molecule has 0 bridgehead atoms. The van der Waals surface area contributed by atoms with Crippen LogP contribution in [0.25, 0.3) is 0 Å². The number of aliphatic hydroxyl groups excluding tert-OH is 1. The van der Waals surface area contributed by atoms with E-state index in [2.05, 4.69) is 17.3 Å². The van der Waals surface area contributed by atoms with E-state index in [4.69, 9.17) is 0 Å². The summed E-state index contributed by atoms with van der Waals surface area (Å²) in [6, 6.07) is 2.04. The molecule has 1 unspecified atom stereocenters. The van der Waals surface area contributed by atoms with Crippen molar-refractivity contribution in [3.63, 3.8) is 0 Å². The van der Waals surface area contributed by atoms with Crippen molar-refractivity contribution in [2.24, 2.45) is 0 Å². The molecule has 0 aliphatic carbocycles. The largest absolute Gasteiger partial charge is 0.393 e. The maximum Gasteiger partial charge on any atom is 0.0549 e. The van der Waals surface area contributed by atoms with Crippen molar-refractivity contribution < 1.29 is 5.11 Å². The predicted molar refractivity (Wildman–Crippen MR) is 65.1 cm³/mol. The van der Waals surface area contributed by atoms with Gasteiger partial charge in [-0.15, -0.1) is 0 Å². The van der Waals surface area contributed by atoms with Crippen molar-refractivity contribution in [2.75, 3.05) is 6.54 Å². The minimum atomic E-state index is -0.173. The van der Waals surface area contributed by atoms with E-state index in [9.17, 15) is 5.11 Å². The zero-order valence-corrected chi connectivity index (χ0v) is 10.3. The topological polar surface area (TPSA) is 50.1 Å². The van der Waals surface area contributed by atoms with Crippen molar-refractivity contribution in [1.82, 2.24) is 15.1 Å². The molecule has 0 aliphatic heterocycles. The molecule has 4 heteroatoms. The summed E-state index contributed by atoms with van der Waals surface area (Å²) >= 11 is 0. The first kappa shape index (κ1) is 13.2. The van der Waals surface area contributed by atoms with Crippen LogP contribution >= 0.6 is 0 Å². The average molecular weight is 225 g/mol. The van der Waals surface area contributed by atoms with E-state index in [-0.39, 0.29) is 6.10 Å². The molecule has 0 saturated carbocycles. The van der Waals surface area contributed by atoms with Crippen molar-refractivity contribution in [3.8, 4) is 0 Å². The van der Waals surface area contributed by atoms with Crippen LogP contribution in [0, 0.1) is 0 Å². The molecule has 1 aromatic heterocycles. The molecule has 0 aromatic carbocycles. The molecule has 1 rings (SSSR count). The van der Waals surface area contributed by atoms with Crippen molar-refractivity contribution in [1.29, 1.82) is 0 Å². The van der Waals surface area contributed by atoms with Gasteiger partial charge in [-0.3, -0.25) is 4.68 Å². The summed E-state index contributed by atoms with van der Waals surface area (Å²) in [7, 11) is 0. The van der Waals surface area contributed by atoms with Gasteiger partial charge in [-0.1, -0.05) is 13.8 Å². The normalized spacial score (nSPS) is 12.9. The maximum absolute atomic E-state index is 9.40. The lowest BCUT2D eigenvalue weighted by molar-refractivity contribution is 0.159. The molecule has 2 N–H and O–H groups in total. The molecular weight excluding hydrogens is 202 g/mol. The summed E-state index contributed by atoms with van der Waals surface area (Å²) in [5, 5.41) is 17.0. The Kier molecular flexibility index (Phi) is 6.11. The fraction of sp³-hybridized carbons (Fsp3) is 0.750. The first-order valence-corrected chi connectivity index (χ1v) is 6.17. The van der Waals surface area contributed by atoms with Crippen LogP contribution in [-0.4, -0.2) is 27.5 Å². The van der Waals surface area contributed by atoms with Crippen LogP contribution in [0.3, 0.4) is 0 Å². The second-order valence-electron chi connectivity index (χ2n) is 4.07. The van der Waals surface area contributed by atoms with Gasteiger partial charge in [-0.2, -0.15) is 5.10 Å². The van der Waals surface area contributed by atoms with Gasteiger partial charge >= 0.3 is 0 Å². The van der Waals surface area contributed by atoms with Gasteiger partial charge in [0, 0.05) is 19.3 Å². The van der Waals surface area contributed by atoms with Crippen LogP contribution < -0.4 is 5.32 Å².